The number of aromatic nitrogens is 2. The Morgan fingerprint density at radius 1 is 0.969 bits per heavy atom. The zero-order valence-electron chi connectivity index (χ0n) is 17.2. The average molecular weight is 466 g/mol. The summed E-state index contributed by atoms with van der Waals surface area (Å²) < 4.78 is 2.46. The van der Waals surface area contributed by atoms with Crippen molar-refractivity contribution in [3.63, 3.8) is 0 Å². The molecule has 0 radical (unpaired) electrons. The fourth-order valence-corrected chi connectivity index (χ4v) is 4.20. The minimum Gasteiger partial charge on any atom is -0.324 e. The normalized spacial score (nSPS) is 10.9. The van der Waals surface area contributed by atoms with E-state index in [-0.39, 0.29) is 19.0 Å². The van der Waals surface area contributed by atoms with Crippen molar-refractivity contribution in [3.8, 4) is 0 Å². The van der Waals surface area contributed by atoms with Crippen LogP contribution in [0.25, 0.3) is 10.9 Å². The van der Waals surface area contributed by atoms with Crippen molar-refractivity contribution < 1.29 is 4.79 Å². The summed E-state index contributed by atoms with van der Waals surface area (Å²) >= 11 is 7.63. The Labute approximate surface area is 193 Å². The number of hydrogen-bond acceptors (Lipinski definition) is 4. The standard InChI is InChI=1S/C24H20ClN3O3S/c1-32-19-9-5-8-18(13-19)26-22(29)15-27-21-11-3-2-10-20(21)23(30)28(24(27)31)14-16-6-4-7-17(25)12-16/h2-13H,14-15H2,1H3,(H,26,29). The third kappa shape index (κ3) is 4.64. The Bertz CT molecular complexity index is 1430. The topological polar surface area (TPSA) is 73.1 Å². The fourth-order valence-electron chi connectivity index (χ4n) is 3.53. The minimum atomic E-state index is -0.554. The molecule has 162 valence electrons. The Kier molecular flexibility index (Phi) is 6.48. The number of carbonyl (C=O) groups excluding carboxylic acids is 1. The number of fused-ring (bicyclic) bond motifs is 1. The molecule has 4 rings (SSSR count). The van der Waals surface area contributed by atoms with Crippen molar-refractivity contribution in [3.05, 3.63) is 104 Å². The molecule has 1 amide bonds. The number of nitrogens with one attached hydrogen (secondary N) is 1. The molecule has 8 heteroatoms. The molecule has 1 heterocycles. The summed E-state index contributed by atoms with van der Waals surface area (Å²) in [6.07, 6.45) is 1.95. The van der Waals surface area contributed by atoms with Crippen LogP contribution in [0, 0.1) is 0 Å². The van der Waals surface area contributed by atoms with Crippen molar-refractivity contribution >= 4 is 45.9 Å². The van der Waals surface area contributed by atoms with E-state index in [9.17, 15) is 14.4 Å². The number of para-hydroxylation sites is 1. The fraction of sp³-hybridized carbons (Fsp3) is 0.125. The monoisotopic (exact) mass is 465 g/mol. The summed E-state index contributed by atoms with van der Waals surface area (Å²) in [7, 11) is 0. The smallest absolute Gasteiger partial charge is 0.324 e. The lowest BCUT2D eigenvalue weighted by Gasteiger charge is -2.14. The highest BCUT2D eigenvalue weighted by atomic mass is 35.5. The van der Waals surface area contributed by atoms with Crippen LogP contribution in [0.4, 0.5) is 5.69 Å². The van der Waals surface area contributed by atoms with E-state index in [1.165, 1.54) is 4.57 Å². The third-order valence-electron chi connectivity index (χ3n) is 5.02. The van der Waals surface area contributed by atoms with Crippen LogP contribution in [0.5, 0.6) is 0 Å². The predicted molar refractivity (Wildman–Crippen MR) is 130 cm³/mol. The van der Waals surface area contributed by atoms with Crippen LogP contribution in [0.15, 0.2) is 87.3 Å². The van der Waals surface area contributed by atoms with E-state index < -0.39 is 11.2 Å². The second-order valence-electron chi connectivity index (χ2n) is 7.19. The third-order valence-corrected chi connectivity index (χ3v) is 5.98. The maximum atomic E-state index is 13.3. The van der Waals surface area contributed by atoms with Gasteiger partial charge >= 0.3 is 5.69 Å². The van der Waals surface area contributed by atoms with Crippen LogP contribution in [0.3, 0.4) is 0 Å². The van der Waals surface area contributed by atoms with Gasteiger partial charge in [-0.1, -0.05) is 41.9 Å². The average Bonchev–Trinajstić information content (AvgIpc) is 2.79. The highest BCUT2D eigenvalue weighted by Crippen LogP contribution is 2.19. The number of carbonyl (C=O) groups is 1. The quantitative estimate of drug-likeness (QED) is 0.432. The van der Waals surface area contributed by atoms with Crippen molar-refractivity contribution in [1.82, 2.24) is 9.13 Å². The van der Waals surface area contributed by atoms with Crippen LogP contribution < -0.4 is 16.6 Å². The van der Waals surface area contributed by atoms with E-state index in [4.69, 9.17) is 11.6 Å². The summed E-state index contributed by atoms with van der Waals surface area (Å²) in [6, 6.07) is 21.2. The second-order valence-corrected chi connectivity index (χ2v) is 8.50. The molecule has 6 nitrogen and oxygen atoms in total. The number of halogens is 1. The first-order chi connectivity index (χ1) is 15.5. The summed E-state index contributed by atoms with van der Waals surface area (Å²) in [5, 5.41) is 3.72. The molecule has 4 aromatic rings. The van der Waals surface area contributed by atoms with Crippen LogP contribution >= 0.6 is 23.4 Å². The maximum Gasteiger partial charge on any atom is 0.332 e. The van der Waals surface area contributed by atoms with E-state index in [2.05, 4.69) is 5.32 Å². The van der Waals surface area contributed by atoms with Gasteiger partial charge in [0.25, 0.3) is 5.56 Å². The maximum absolute atomic E-state index is 13.3. The number of benzene rings is 3. The van der Waals surface area contributed by atoms with Gasteiger partial charge in [-0.25, -0.2) is 4.79 Å². The first-order valence-corrected chi connectivity index (χ1v) is 11.5. The Balaban J connectivity index is 1.74. The molecule has 1 aromatic heterocycles. The zero-order valence-corrected chi connectivity index (χ0v) is 18.8. The molecule has 0 unspecified atom stereocenters. The van der Waals surface area contributed by atoms with Gasteiger partial charge < -0.3 is 5.32 Å². The van der Waals surface area contributed by atoms with Crippen molar-refractivity contribution in [2.45, 2.75) is 18.0 Å². The number of thioether (sulfide) groups is 1. The van der Waals surface area contributed by atoms with Gasteiger partial charge in [-0.2, -0.15) is 0 Å². The minimum absolute atomic E-state index is 0.0560. The van der Waals surface area contributed by atoms with Crippen molar-refractivity contribution in [2.24, 2.45) is 0 Å². The first-order valence-electron chi connectivity index (χ1n) is 9.87. The Morgan fingerprint density at radius 3 is 2.53 bits per heavy atom. The van der Waals surface area contributed by atoms with Gasteiger partial charge in [-0.3, -0.25) is 18.7 Å². The molecule has 0 spiro atoms. The van der Waals surface area contributed by atoms with E-state index in [1.807, 2.05) is 24.5 Å². The molecule has 0 aliphatic rings. The van der Waals surface area contributed by atoms with Crippen molar-refractivity contribution in [1.29, 1.82) is 0 Å². The lowest BCUT2D eigenvalue weighted by molar-refractivity contribution is -0.116. The molecular formula is C24H20ClN3O3S. The number of nitrogens with zero attached hydrogens (tertiary/aromatic N) is 2. The van der Waals surface area contributed by atoms with E-state index in [1.54, 1.807) is 66.4 Å². The van der Waals surface area contributed by atoms with Gasteiger partial charge in [0.05, 0.1) is 17.4 Å². The predicted octanol–water partition coefficient (Wildman–Crippen LogP) is 4.23. The summed E-state index contributed by atoms with van der Waals surface area (Å²) in [5.74, 6) is -0.358. The molecule has 0 atom stereocenters. The molecule has 0 saturated carbocycles. The van der Waals surface area contributed by atoms with Gasteiger partial charge in [0, 0.05) is 15.6 Å². The lowest BCUT2D eigenvalue weighted by atomic mass is 10.2. The lowest BCUT2D eigenvalue weighted by Crippen LogP contribution is -2.42. The number of hydrogen-bond donors (Lipinski definition) is 1. The van der Waals surface area contributed by atoms with Crippen LogP contribution in [0.1, 0.15) is 5.56 Å². The molecule has 0 bridgehead atoms. The second kappa shape index (κ2) is 9.46. The number of anilines is 1. The molecule has 0 aliphatic heterocycles. The summed E-state index contributed by atoms with van der Waals surface area (Å²) in [4.78, 5) is 40.2. The van der Waals surface area contributed by atoms with Crippen LogP contribution in [0.2, 0.25) is 5.02 Å². The van der Waals surface area contributed by atoms with E-state index in [0.29, 0.717) is 21.6 Å². The summed E-state index contributed by atoms with van der Waals surface area (Å²) in [6.45, 7) is -0.168. The van der Waals surface area contributed by atoms with Gasteiger partial charge in [-0.15, -0.1) is 11.8 Å². The SMILES string of the molecule is CSc1cccc(NC(=O)Cn2c(=O)n(Cc3cccc(Cl)c3)c(=O)c3ccccc32)c1. The van der Waals surface area contributed by atoms with E-state index in [0.717, 1.165) is 15.0 Å². The van der Waals surface area contributed by atoms with Gasteiger partial charge in [0.15, 0.2) is 0 Å². The van der Waals surface area contributed by atoms with Gasteiger partial charge in [-0.05, 0) is 54.3 Å². The Morgan fingerprint density at radius 2 is 1.75 bits per heavy atom. The van der Waals surface area contributed by atoms with Crippen molar-refractivity contribution in [2.75, 3.05) is 11.6 Å². The summed E-state index contributed by atoms with van der Waals surface area (Å²) in [5.41, 5.74) is 0.817. The first kappa shape index (κ1) is 21.9. The molecule has 3 aromatic carbocycles. The molecule has 32 heavy (non-hydrogen) atoms. The number of amides is 1. The Hall–Kier alpha value is -3.29. The van der Waals surface area contributed by atoms with Crippen LogP contribution in [-0.4, -0.2) is 21.3 Å². The van der Waals surface area contributed by atoms with E-state index >= 15 is 0 Å². The number of rotatable bonds is 6. The zero-order chi connectivity index (χ0) is 22.7. The molecule has 0 fully saturated rings. The molecular weight excluding hydrogens is 446 g/mol. The van der Waals surface area contributed by atoms with Crippen LogP contribution in [-0.2, 0) is 17.9 Å². The molecule has 1 N–H and O–H groups in total. The van der Waals surface area contributed by atoms with Gasteiger partial charge in [0.2, 0.25) is 5.91 Å². The largest absolute Gasteiger partial charge is 0.332 e. The highest BCUT2D eigenvalue weighted by Gasteiger charge is 2.16. The molecule has 0 aliphatic carbocycles. The highest BCUT2D eigenvalue weighted by molar-refractivity contribution is 7.98. The van der Waals surface area contributed by atoms with Gasteiger partial charge in [0.1, 0.15) is 6.54 Å². The molecule has 0 saturated heterocycles.